The van der Waals surface area contributed by atoms with E-state index in [-0.39, 0.29) is 10.8 Å². The third kappa shape index (κ3) is 5.22. The summed E-state index contributed by atoms with van der Waals surface area (Å²) in [7, 11) is 0. The number of rotatable bonds is 4. The van der Waals surface area contributed by atoms with Crippen LogP contribution in [-0.4, -0.2) is 17.1 Å². The summed E-state index contributed by atoms with van der Waals surface area (Å²) in [6.45, 7) is 13.0. The smallest absolute Gasteiger partial charge is 0.128 e. The maximum atomic E-state index is 11.5. The monoisotopic (exact) mass is 431 g/mol. The van der Waals surface area contributed by atoms with Crippen molar-refractivity contribution in [2.45, 2.75) is 57.3 Å². The fraction of sp³-hybridized carbons (Fsp3) is 0.321. The molecule has 0 aliphatic heterocycles. The number of aliphatic imine (C=N–C) groups is 1. The zero-order chi connectivity index (χ0) is 22.8. The summed E-state index contributed by atoms with van der Waals surface area (Å²) in [4.78, 5) is 6.22. The standard InChI is InChI=1S/C28H33NOS/c1-27(2,3)20-17-21(26(30)22(18-20)28(4,5)6)25(19-13-9-8-10-14-19)29-23-15-11-12-16-24(23)31-7/h8-18,30H,1-7H3. The molecule has 0 spiro atoms. The summed E-state index contributed by atoms with van der Waals surface area (Å²) in [5.74, 6) is 0.310. The Morgan fingerprint density at radius 2 is 1.42 bits per heavy atom. The lowest BCUT2D eigenvalue weighted by Gasteiger charge is -2.28. The highest BCUT2D eigenvalue weighted by molar-refractivity contribution is 7.98. The highest BCUT2D eigenvalue weighted by Crippen LogP contribution is 2.39. The summed E-state index contributed by atoms with van der Waals surface area (Å²) in [6.07, 6.45) is 2.06. The van der Waals surface area contributed by atoms with E-state index in [1.54, 1.807) is 11.8 Å². The Hall–Kier alpha value is -2.52. The first kappa shape index (κ1) is 23.1. The normalized spacial score (nSPS) is 12.8. The molecule has 0 amide bonds. The molecule has 3 rings (SSSR count). The molecule has 3 heteroatoms. The van der Waals surface area contributed by atoms with Crippen LogP contribution in [0.1, 0.15) is 63.8 Å². The average molecular weight is 432 g/mol. The summed E-state index contributed by atoms with van der Waals surface area (Å²) in [6, 6.07) is 22.6. The number of para-hydroxylation sites is 1. The van der Waals surface area contributed by atoms with Crippen molar-refractivity contribution in [1.82, 2.24) is 0 Å². The van der Waals surface area contributed by atoms with Gasteiger partial charge in [-0.25, -0.2) is 4.99 Å². The van der Waals surface area contributed by atoms with Gasteiger partial charge in [-0.15, -0.1) is 11.8 Å². The number of aromatic hydroxyl groups is 1. The fourth-order valence-corrected chi connectivity index (χ4v) is 4.08. The maximum Gasteiger partial charge on any atom is 0.128 e. The van der Waals surface area contributed by atoms with E-state index in [0.717, 1.165) is 33.0 Å². The zero-order valence-corrected chi connectivity index (χ0v) is 20.5. The molecule has 0 aromatic heterocycles. The van der Waals surface area contributed by atoms with Crippen LogP contribution in [0.4, 0.5) is 5.69 Å². The second-order valence-corrected chi connectivity index (χ2v) is 10.8. The van der Waals surface area contributed by atoms with Gasteiger partial charge in [-0.05, 0) is 40.8 Å². The number of phenolic OH excluding ortho intramolecular Hbond substituents is 1. The first-order valence-corrected chi connectivity index (χ1v) is 11.9. The lowest BCUT2D eigenvalue weighted by molar-refractivity contribution is 0.443. The first-order chi connectivity index (χ1) is 14.5. The van der Waals surface area contributed by atoms with E-state index in [1.807, 2.05) is 36.4 Å². The summed E-state index contributed by atoms with van der Waals surface area (Å²) in [5, 5.41) is 11.5. The van der Waals surface area contributed by atoms with Gasteiger partial charge in [0.05, 0.1) is 11.4 Å². The van der Waals surface area contributed by atoms with Crippen LogP contribution < -0.4 is 0 Å². The van der Waals surface area contributed by atoms with Crippen molar-refractivity contribution in [3.63, 3.8) is 0 Å². The SMILES string of the molecule is CSc1ccccc1N=C(c1ccccc1)c1cc(C(C)(C)C)cc(C(C)(C)C)c1O. The van der Waals surface area contributed by atoms with Gasteiger partial charge in [-0.3, -0.25) is 0 Å². The second-order valence-electron chi connectivity index (χ2n) is 9.92. The highest BCUT2D eigenvalue weighted by Gasteiger charge is 2.27. The second kappa shape index (κ2) is 8.92. The Labute approximate surface area is 191 Å². The Bertz CT molecular complexity index is 1090. The minimum atomic E-state index is -0.195. The number of benzene rings is 3. The van der Waals surface area contributed by atoms with Crippen LogP contribution in [-0.2, 0) is 10.8 Å². The van der Waals surface area contributed by atoms with Crippen LogP contribution in [0.15, 0.2) is 76.6 Å². The third-order valence-electron chi connectivity index (χ3n) is 5.40. The topological polar surface area (TPSA) is 32.6 Å². The molecule has 0 bridgehead atoms. The molecule has 0 fully saturated rings. The van der Waals surface area contributed by atoms with E-state index in [9.17, 15) is 5.11 Å². The predicted molar refractivity (Wildman–Crippen MR) is 135 cm³/mol. The Morgan fingerprint density at radius 1 is 0.806 bits per heavy atom. The van der Waals surface area contributed by atoms with Crippen molar-refractivity contribution in [3.05, 3.63) is 89.0 Å². The largest absolute Gasteiger partial charge is 0.507 e. The molecule has 0 aliphatic carbocycles. The van der Waals surface area contributed by atoms with Crippen LogP contribution >= 0.6 is 11.8 Å². The molecule has 0 aliphatic rings. The van der Waals surface area contributed by atoms with Crippen LogP contribution in [0.3, 0.4) is 0 Å². The van der Waals surface area contributed by atoms with E-state index in [2.05, 4.69) is 78.1 Å². The van der Waals surface area contributed by atoms with Crippen LogP contribution in [0.25, 0.3) is 0 Å². The summed E-state index contributed by atoms with van der Waals surface area (Å²) < 4.78 is 0. The lowest BCUT2D eigenvalue weighted by Crippen LogP contribution is -2.19. The van der Waals surface area contributed by atoms with Gasteiger partial charge in [0.15, 0.2) is 0 Å². The van der Waals surface area contributed by atoms with Gasteiger partial charge in [0.2, 0.25) is 0 Å². The number of hydrogen-bond acceptors (Lipinski definition) is 3. The molecule has 3 aromatic rings. The molecule has 0 atom stereocenters. The Morgan fingerprint density at radius 3 is 2.00 bits per heavy atom. The van der Waals surface area contributed by atoms with Gasteiger partial charge in [0.1, 0.15) is 5.75 Å². The molecule has 0 radical (unpaired) electrons. The zero-order valence-electron chi connectivity index (χ0n) is 19.7. The number of hydrogen-bond donors (Lipinski definition) is 1. The predicted octanol–water partition coefficient (Wildman–Crippen LogP) is 7.88. The van der Waals surface area contributed by atoms with Crippen LogP contribution in [0.2, 0.25) is 0 Å². The van der Waals surface area contributed by atoms with Crippen molar-refractivity contribution in [1.29, 1.82) is 0 Å². The van der Waals surface area contributed by atoms with Crippen molar-refractivity contribution >= 4 is 23.2 Å². The van der Waals surface area contributed by atoms with Crippen molar-refractivity contribution in [2.75, 3.05) is 6.26 Å². The quantitative estimate of drug-likeness (QED) is 0.336. The molecule has 162 valence electrons. The van der Waals surface area contributed by atoms with E-state index in [0.29, 0.717) is 5.75 Å². The molecule has 31 heavy (non-hydrogen) atoms. The minimum absolute atomic E-state index is 0.0541. The van der Waals surface area contributed by atoms with Crippen molar-refractivity contribution in [3.8, 4) is 5.75 Å². The van der Waals surface area contributed by atoms with Crippen molar-refractivity contribution in [2.24, 2.45) is 4.99 Å². The molecule has 1 N–H and O–H groups in total. The van der Waals surface area contributed by atoms with E-state index >= 15 is 0 Å². The minimum Gasteiger partial charge on any atom is -0.507 e. The molecule has 3 aromatic carbocycles. The molecule has 0 saturated carbocycles. The molecular weight excluding hydrogens is 398 g/mol. The third-order valence-corrected chi connectivity index (χ3v) is 6.19. The summed E-state index contributed by atoms with van der Waals surface area (Å²) >= 11 is 1.68. The van der Waals surface area contributed by atoms with Crippen molar-refractivity contribution < 1.29 is 5.11 Å². The average Bonchev–Trinajstić information content (AvgIpc) is 2.71. The molecule has 0 saturated heterocycles. The Kier molecular flexibility index (Phi) is 6.66. The van der Waals surface area contributed by atoms with Gasteiger partial charge < -0.3 is 5.11 Å². The van der Waals surface area contributed by atoms with E-state index in [1.165, 1.54) is 5.56 Å². The molecular formula is C28H33NOS. The lowest BCUT2D eigenvalue weighted by atomic mass is 9.78. The van der Waals surface area contributed by atoms with Gasteiger partial charge >= 0.3 is 0 Å². The summed E-state index contributed by atoms with van der Waals surface area (Å²) in [5.41, 5.74) is 5.34. The molecule has 2 nitrogen and oxygen atoms in total. The van der Waals surface area contributed by atoms with Gasteiger partial charge in [-0.1, -0.05) is 90.1 Å². The number of thioether (sulfide) groups is 1. The van der Waals surface area contributed by atoms with Gasteiger partial charge in [0.25, 0.3) is 0 Å². The van der Waals surface area contributed by atoms with Gasteiger partial charge in [0, 0.05) is 21.6 Å². The number of phenols is 1. The van der Waals surface area contributed by atoms with E-state index < -0.39 is 0 Å². The first-order valence-electron chi connectivity index (χ1n) is 10.7. The number of nitrogens with zero attached hydrogens (tertiary/aromatic N) is 1. The van der Waals surface area contributed by atoms with Crippen LogP contribution in [0, 0.1) is 0 Å². The highest BCUT2D eigenvalue weighted by atomic mass is 32.2. The van der Waals surface area contributed by atoms with Gasteiger partial charge in [-0.2, -0.15) is 0 Å². The maximum absolute atomic E-state index is 11.5. The van der Waals surface area contributed by atoms with E-state index in [4.69, 9.17) is 4.99 Å². The molecule has 0 unspecified atom stereocenters. The Balaban J connectivity index is 2.38. The van der Waals surface area contributed by atoms with Crippen LogP contribution in [0.5, 0.6) is 5.75 Å². The fourth-order valence-electron chi connectivity index (χ4n) is 3.54. The molecule has 0 heterocycles.